The molecule has 0 atom stereocenters. The summed E-state index contributed by atoms with van der Waals surface area (Å²) in [5.41, 5.74) is 5.57. The summed E-state index contributed by atoms with van der Waals surface area (Å²) in [5, 5.41) is 4.15. The third kappa shape index (κ3) is 1.45. The standard InChI is InChI=1S/C5H11N2/c6-5-1-3-7-4-2-5/h5H,1-4,6H2. The smallest absolute Gasteiger partial charge is 0.0148 e. The van der Waals surface area contributed by atoms with E-state index in [0.29, 0.717) is 6.04 Å². The van der Waals surface area contributed by atoms with Crippen molar-refractivity contribution in [3.05, 3.63) is 0 Å². The second-order valence-corrected chi connectivity index (χ2v) is 2.01. The summed E-state index contributed by atoms with van der Waals surface area (Å²) in [6.45, 7) is 1.97. The van der Waals surface area contributed by atoms with E-state index in [1.54, 1.807) is 0 Å². The Bertz CT molecular complexity index is 48.0. The Kier molecular flexibility index (Phi) is 1.65. The topological polar surface area (TPSA) is 40.1 Å². The van der Waals surface area contributed by atoms with Crippen molar-refractivity contribution in [3.8, 4) is 0 Å². The molecule has 0 aromatic carbocycles. The predicted octanol–water partition coefficient (Wildman–Crippen LogP) is -0.288. The molecule has 0 aliphatic carbocycles. The Balaban J connectivity index is 2.12. The summed E-state index contributed by atoms with van der Waals surface area (Å²) in [6.07, 6.45) is 2.19. The molecule has 0 aromatic rings. The van der Waals surface area contributed by atoms with Crippen molar-refractivity contribution in [2.45, 2.75) is 18.9 Å². The molecule has 0 spiro atoms. The van der Waals surface area contributed by atoms with Crippen LogP contribution in [-0.2, 0) is 0 Å². The zero-order valence-corrected chi connectivity index (χ0v) is 4.43. The van der Waals surface area contributed by atoms with E-state index in [-0.39, 0.29) is 0 Å². The Labute approximate surface area is 44.1 Å². The van der Waals surface area contributed by atoms with Crippen molar-refractivity contribution in [2.75, 3.05) is 13.1 Å². The third-order valence-electron chi connectivity index (χ3n) is 1.32. The van der Waals surface area contributed by atoms with E-state index in [4.69, 9.17) is 5.73 Å². The van der Waals surface area contributed by atoms with Gasteiger partial charge in [-0.05, 0) is 12.8 Å². The van der Waals surface area contributed by atoms with Gasteiger partial charge < -0.3 is 5.73 Å². The normalized spacial score (nSPS) is 25.3. The van der Waals surface area contributed by atoms with E-state index >= 15 is 0 Å². The highest BCUT2D eigenvalue weighted by molar-refractivity contribution is 4.68. The van der Waals surface area contributed by atoms with Crippen LogP contribution in [0.25, 0.3) is 0 Å². The minimum Gasteiger partial charge on any atom is -0.328 e. The Hall–Kier alpha value is -0.0800. The van der Waals surface area contributed by atoms with Crippen LogP contribution in [0, 0.1) is 0 Å². The first-order valence-corrected chi connectivity index (χ1v) is 2.78. The molecule has 0 unspecified atom stereocenters. The van der Waals surface area contributed by atoms with Crippen LogP contribution in [0.5, 0.6) is 0 Å². The highest BCUT2D eigenvalue weighted by atomic mass is 14.9. The van der Waals surface area contributed by atoms with E-state index in [1.807, 2.05) is 0 Å². The van der Waals surface area contributed by atoms with Crippen molar-refractivity contribution >= 4 is 0 Å². The average molecular weight is 99.2 g/mol. The van der Waals surface area contributed by atoms with E-state index in [2.05, 4.69) is 5.32 Å². The van der Waals surface area contributed by atoms with Crippen molar-refractivity contribution in [1.82, 2.24) is 5.32 Å². The molecule has 2 nitrogen and oxygen atoms in total. The first kappa shape index (κ1) is 5.06. The Morgan fingerprint density at radius 2 is 1.86 bits per heavy atom. The van der Waals surface area contributed by atoms with Gasteiger partial charge in [0.1, 0.15) is 0 Å². The van der Waals surface area contributed by atoms with Gasteiger partial charge in [-0.1, -0.05) is 0 Å². The highest BCUT2D eigenvalue weighted by Gasteiger charge is 2.06. The van der Waals surface area contributed by atoms with Crippen LogP contribution in [0.15, 0.2) is 0 Å². The van der Waals surface area contributed by atoms with Crippen LogP contribution in [0.4, 0.5) is 0 Å². The van der Waals surface area contributed by atoms with Crippen LogP contribution in [0.1, 0.15) is 12.8 Å². The van der Waals surface area contributed by atoms with Crippen molar-refractivity contribution in [1.29, 1.82) is 0 Å². The molecular formula is C5H11N2. The molecule has 7 heavy (non-hydrogen) atoms. The number of hydrogen-bond acceptors (Lipinski definition) is 1. The van der Waals surface area contributed by atoms with Gasteiger partial charge in [-0.3, -0.25) is 0 Å². The molecule has 1 aliphatic heterocycles. The molecular weight excluding hydrogens is 88.1 g/mol. The number of hydrogen-bond donors (Lipinski definition) is 1. The van der Waals surface area contributed by atoms with Gasteiger partial charge in [-0.2, -0.15) is 0 Å². The third-order valence-corrected chi connectivity index (χ3v) is 1.32. The molecule has 0 aromatic heterocycles. The number of rotatable bonds is 0. The molecule has 0 bridgehead atoms. The lowest BCUT2D eigenvalue weighted by Gasteiger charge is -2.15. The summed E-state index contributed by atoms with van der Waals surface area (Å²) in [4.78, 5) is 0. The largest absolute Gasteiger partial charge is 0.328 e. The SMILES string of the molecule is NC1CC[N]CC1. The first-order valence-electron chi connectivity index (χ1n) is 2.78. The molecule has 0 saturated carbocycles. The number of piperidine rings is 1. The maximum Gasteiger partial charge on any atom is 0.0148 e. The fourth-order valence-corrected chi connectivity index (χ4v) is 0.770. The van der Waals surface area contributed by atoms with Crippen molar-refractivity contribution < 1.29 is 0 Å². The molecule has 1 rings (SSSR count). The maximum absolute atomic E-state index is 5.57. The van der Waals surface area contributed by atoms with Crippen LogP contribution in [-0.4, -0.2) is 19.1 Å². The van der Waals surface area contributed by atoms with Crippen LogP contribution in [0.2, 0.25) is 0 Å². The maximum atomic E-state index is 5.57. The zero-order chi connectivity index (χ0) is 5.11. The van der Waals surface area contributed by atoms with Gasteiger partial charge in [0.15, 0.2) is 0 Å². The molecule has 1 aliphatic rings. The van der Waals surface area contributed by atoms with E-state index in [0.717, 1.165) is 25.9 Å². The molecule has 1 heterocycles. The van der Waals surface area contributed by atoms with E-state index in [9.17, 15) is 0 Å². The quantitative estimate of drug-likeness (QED) is 0.445. The summed E-state index contributed by atoms with van der Waals surface area (Å²) < 4.78 is 0. The monoisotopic (exact) mass is 99.1 g/mol. The zero-order valence-electron chi connectivity index (χ0n) is 4.43. The van der Waals surface area contributed by atoms with Gasteiger partial charge in [-0.25, -0.2) is 5.32 Å². The van der Waals surface area contributed by atoms with Crippen LogP contribution < -0.4 is 11.1 Å². The number of nitrogens with two attached hydrogens (primary N) is 1. The van der Waals surface area contributed by atoms with Gasteiger partial charge in [0.2, 0.25) is 0 Å². The molecule has 0 amide bonds. The van der Waals surface area contributed by atoms with Crippen molar-refractivity contribution in [2.24, 2.45) is 5.73 Å². The Morgan fingerprint density at radius 3 is 2.14 bits per heavy atom. The molecule has 41 valence electrons. The first-order chi connectivity index (χ1) is 3.39. The van der Waals surface area contributed by atoms with E-state index < -0.39 is 0 Å². The molecule has 2 N–H and O–H groups in total. The summed E-state index contributed by atoms with van der Waals surface area (Å²) >= 11 is 0. The van der Waals surface area contributed by atoms with Gasteiger partial charge in [-0.15, -0.1) is 0 Å². The molecule has 2 heteroatoms. The number of nitrogens with zero attached hydrogens (tertiary/aromatic N) is 1. The summed E-state index contributed by atoms with van der Waals surface area (Å²) in [6, 6.07) is 0.442. The fourth-order valence-electron chi connectivity index (χ4n) is 0.770. The van der Waals surface area contributed by atoms with E-state index in [1.165, 1.54) is 0 Å². The molecule has 1 saturated heterocycles. The van der Waals surface area contributed by atoms with Gasteiger partial charge in [0, 0.05) is 19.1 Å². The minimum absolute atomic E-state index is 0.442. The lowest BCUT2D eigenvalue weighted by molar-refractivity contribution is 0.451. The lowest BCUT2D eigenvalue weighted by atomic mass is 10.1. The van der Waals surface area contributed by atoms with Crippen LogP contribution in [0.3, 0.4) is 0 Å². The van der Waals surface area contributed by atoms with Crippen molar-refractivity contribution in [3.63, 3.8) is 0 Å². The second kappa shape index (κ2) is 2.28. The van der Waals surface area contributed by atoms with Gasteiger partial charge >= 0.3 is 0 Å². The lowest BCUT2D eigenvalue weighted by Crippen LogP contribution is -2.32. The summed E-state index contributed by atoms with van der Waals surface area (Å²) in [7, 11) is 0. The van der Waals surface area contributed by atoms with Crippen LogP contribution >= 0.6 is 0 Å². The minimum atomic E-state index is 0.442. The predicted molar refractivity (Wildman–Crippen MR) is 29.1 cm³/mol. The fraction of sp³-hybridized carbons (Fsp3) is 1.00. The second-order valence-electron chi connectivity index (χ2n) is 2.01. The summed E-state index contributed by atoms with van der Waals surface area (Å²) in [5.74, 6) is 0. The van der Waals surface area contributed by atoms with Gasteiger partial charge in [0.25, 0.3) is 0 Å². The highest BCUT2D eigenvalue weighted by Crippen LogP contribution is 1.97. The molecule has 1 fully saturated rings. The Morgan fingerprint density at radius 1 is 1.29 bits per heavy atom. The van der Waals surface area contributed by atoms with Gasteiger partial charge in [0.05, 0.1) is 0 Å². The average Bonchev–Trinajstić information content (AvgIpc) is 1.69. The molecule has 1 radical (unpaired) electrons.